The van der Waals surface area contributed by atoms with Crippen molar-refractivity contribution < 1.29 is 17.9 Å². The zero-order valence-corrected chi connectivity index (χ0v) is 16.2. The van der Waals surface area contributed by atoms with Gasteiger partial charge in [-0.05, 0) is 62.4 Å². The molecule has 2 rings (SSSR count). The Labute approximate surface area is 155 Å². The minimum absolute atomic E-state index is 0.146. The lowest BCUT2D eigenvalue weighted by molar-refractivity contribution is -0.118. The van der Waals surface area contributed by atoms with Crippen LogP contribution in [-0.4, -0.2) is 27.0 Å². The van der Waals surface area contributed by atoms with Crippen molar-refractivity contribution in [1.29, 1.82) is 0 Å². The molecule has 0 atom stereocenters. The summed E-state index contributed by atoms with van der Waals surface area (Å²) >= 11 is 3.32. The van der Waals surface area contributed by atoms with Crippen LogP contribution in [0.5, 0.6) is 5.75 Å². The number of hydrogen-bond acceptors (Lipinski definition) is 4. The minimum atomic E-state index is -3.54. The second-order valence-corrected chi connectivity index (χ2v) is 8.22. The predicted molar refractivity (Wildman–Crippen MR) is 100 cm³/mol. The Kier molecular flexibility index (Phi) is 6.57. The average molecular weight is 427 g/mol. The van der Waals surface area contributed by atoms with Gasteiger partial charge in [0.05, 0.1) is 4.90 Å². The first-order valence-corrected chi connectivity index (χ1v) is 9.84. The molecular weight excluding hydrogens is 408 g/mol. The smallest absolute Gasteiger partial charge is 0.262 e. The number of anilines is 1. The summed E-state index contributed by atoms with van der Waals surface area (Å²) in [5, 5.41) is 2.71. The van der Waals surface area contributed by atoms with E-state index in [1.165, 1.54) is 24.3 Å². The van der Waals surface area contributed by atoms with Crippen LogP contribution in [0.15, 0.2) is 57.9 Å². The molecule has 0 fully saturated rings. The number of carbonyl (C=O) groups excluding carboxylic acids is 1. The molecule has 0 unspecified atom stereocenters. The van der Waals surface area contributed by atoms with E-state index in [2.05, 4.69) is 26.0 Å². The molecule has 25 heavy (non-hydrogen) atoms. The van der Waals surface area contributed by atoms with Crippen molar-refractivity contribution in [3.05, 3.63) is 53.0 Å². The van der Waals surface area contributed by atoms with Crippen LogP contribution in [0.2, 0.25) is 0 Å². The Morgan fingerprint density at radius 2 is 1.68 bits per heavy atom. The van der Waals surface area contributed by atoms with Gasteiger partial charge in [0.2, 0.25) is 10.0 Å². The second-order valence-electron chi connectivity index (χ2n) is 5.59. The maximum atomic E-state index is 12.0. The Morgan fingerprint density at radius 1 is 1.08 bits per heavy atom. The van der Waals surface area contributed by atoms with E-state index in [1.807, 2.05) is 12.1 Å². The summed E-state index contributed by atoms with van der Waals surface area (Å²) in [5.41, 5.74) is 0.665. The summed E-state index contributed by atoms with van der Waals surface area (Å²) in [6, 6.07) is 12.9. The third-order valence-electron chi connectivity index (χ3n) is 3.02. The van der Waals surface area contributed by atoms with Gasteiger partial charge in [0.1, 0.15) is 5.75 Å². The number of halogens is 1. The molecule has 134 valence electrons. The summed E-state index contributed by atoms with van der Waals surface area (Å²) in [6.07, 6.45) is 0. The molecule has 0 radical (unpaired) electrons. The first kappa shape index (κ1) is 19.4. The maximum Gasteiger partial charge on any atom is 0.262 e. The number of ether oxygens (including phenoxy) is 1. The lowest BCUT2D eigenvalue weighted by Crippen LogP contribution is -2.30. The van der Waals surface area contributed by atoms with Crippen LogP contribution in [-0.2, 0) is 14.8 Å². The van der Waals surface area contributed by atoms with Gasteiger partial charge in [0.25, 0.3) is 5.91 Å². The highest BCUT2D eigenvalue weighted by Crippen LogP contribution is 2.17. The monoisotopic (exact) mass is 426 g/mol. The Bertz CT molecular complexity index is 819. The first-order valence-electron chi connectivity index (χ1n) is 7.57. The SMILES string of the molecule is CC(C)NS(=O)(=O)c1ccc(OCC(=O)Nc2ccc(Br)cc2)cc1. The predicted octanol–water partition coefficient (Wildman–Crippen LogP) is 3.15. The molecule has 0 saturated carbocycles. The molecule has 2 aromatic carbocycles. The van der Waals surface area contributed by atoms with E-state index < -0.39 is 10.0 Å². The van der Waals surface area contributed by atoms with Gasteiger partial charge >= 0.3 is 0 Å². The lowest BCUT2D eigenvalue weighted by Gasteiger charge is -2.11. The van der Waals surface area contributed by atoms with Crippen molar-refractivity contribution in [3.8, 4) is 5.75 Å². The highest BCUT2D eigenvalue weighted by Gasteiger charge is 2.15. The highest BCUT2D eigenvalue weighted by atomic mass is 79.9. The van der Waals surface area contributed by atoms with E-state index >= 15 is 0 Å². The van der Waals surface area contributed by atoms with E-state index in [0.717, 1.165) is 4.47 Å². The largest absolute Gasteiger partial charge is 0.484 e. The standard InChI is InChI=1S/C17H19BrN2O4S/c1-12(2)20-25(22,23)16-9-7-15(8-10-16)24-11-17(21)19-14-5-3-13(18)4-6-14/h3-10,12,20H,11H2,1-2H3,(H,19,21). The zero-order chi connectivity index (χ0) is 18.4. The molecule has 2 aromatic rings. The molecule has 0 heterocycles. The van der Waals surface area contributed by atoms with Gasteiger partial charge in [-0.15, -0.1) is 0 Å². The van der Waals surface area contributed by atoms with Crippen LogP contribution in [0.3, 0.4) is 0 Å². The van der Waals surface area contributed by atoms with Crippen molar-refractivity contribution in [2.24, 2.45) is 0 Å². The van der Waals surface area contributed by atoms with Crippen LogP contribution < -0.4 is 14.8 Å². The van der Waals surface area contributed by atoms with E-state index in [1.54, 1.807) is 26.0 Å². The normalized spacial score (nSPS) is 11.4. The summed E-state index contributed by atoms with van der Waals surface area (Å²) in [7, 11) is -3.54. The second kappa shape index (κ2) is 8.46. The highest BCUT2D eigenvalue weighted by molar-refractivity contribution is 9.10. The molecule has 0 spiro atoms. The molecular formula is C17H19BrN2O4S. The Hall–Kier alpha value is -1.90. The average Bonchev–Trinajstić information content (AvgIpc) is 2.54. The van der Waals surface area contributed by atoms with Crippen molar-refractivity contribution >= 4 is 37.5 Å². The van der Waals surface area contributed by atoms with Crippen molar-refractivity contribution in [3.63, 3.8) is 0 Å². The number of benzene rings is 2. The lowest BCUT2D eigenvalue weighted by atomic mass is 10.3. The van der Waals surface area contributed by atoms with Gasteiger partial charge in [-0.3, -0.25) is 4.79 Å². The molecule has 0 aliphatic rings. The van der Waals surface area contributed by atoms with E-state index in [4.69, 9.17) is 4.74 Å². The molecule has 1 amide bonds. The third kappa shape index (κ3) is 6.15. The molecule has 0 bridgehead atoms. The number of nitrogens with one attached hydrogen (secondary N) is 2. The molecule has 0 aliphatic carbocycles. The molecule has 8 heteroatoms. The van der Waals surface area contributed by atoms with Crippen molar-refractivity contribution in [2.45, 2.75) is 24.8 Å². The zero-order valence-electron chi connectivity index (χ0n) is 13.8. The third-order valence-corrected chi connectivity index (χ3v) is 5.23. The van der Waals surface area contributed by atoms with Crippen LogP contribution >= 0.6 is 15.9 Å². The maximum absolute atomic E-state index is 12.0. The fourth-order valence-electron chi connectivity index (χ4n) is 1.97. The molecule has 6 nitrogen and oxygen atoms in total. The topological polar surface area (TPSA) is 84.5 Å². The van der Waals surface area contributed by atoms with Crippen LogP contribution in [0, 0.1) is 0 Å². The number of amides is 1. The number of carbonyl (C=O) groups is 1. The van der Waals surface area contributed by atoms with Gasteiger partial charge in [0, 0.05) is 16.2 Å². The van der Waals surface area contributed by atoms with E-state index in [9.17, 15) is 13.2 Å². The van der Waals surface area contributed by atoms with E-state index in [0.29, 0.717) is 11.4 Å². The van der Waals surface area contributed by atoms with Gasteiger partial charge in [-0.2, -0.15) is 0 Å². The fraction of sp³-hybridized carbons (Fsp3) is 0.235. The van der Waals surface area contributed by atoms with Gasteiger partial charge in [-0.25, -0.2) is 13.1 Å². The van der Waals surface area contributed by atoms with Gasteiger partial charge in [-0.1, -0.05) is 15.9 Å². The number of rotatable bonds is 7. The minimum Gasteiger partial charge on any atom is -0.484 e. The molecule has 0 saturated heterocycles. The fourth-order valence-corrected chi connectivity index (χ4v) is 3.49. The Morgan fingerprint density at radius 3 is 2.24 bits per heavy atom. The molecule has 0 aliphatic heterocycles. The van der Waals surface area contributed by atoms with Crippen molar-refractivity contribution in [2.75, 3.05) is 11.9 Å². The van der Waals surface area contributed by atoms with Crippen LogP contribution in [0.25, 0.3) is 0 Å². The van der Waals surface area contributed by atoms with Gasteiger partial charge in [0.15, 0.2) is 6.61 Å². The van der Waals surface area contributed by atoms with Crippen molar-refractivity contribution in [1.82, 2.24) is 4.72 Å². The number of hydrogen-bond donors (Lipinski definition) is 2. The molecule has 0 aromatic heterocycles. The van der Waals surface area contributed by atoms with Crippen LogP contribution in [0.4, 0.5) is 5.69 Å². The number of sulfonamides is 1. The summed E-state index contributed by atoms with van der Waals surface area (Å²) in [6.45, 7) is 3.32. The first-order chi connectivity index (χ1) is 11.8. The van der Waals surface area contributed by atoms with Gasteiger partial charge < -0.3 is 10.1 Å². The Balaban J connectivity index is 1.91. The summed E-state index contributed by atoms with van der Waals surface area (Å²) in [5.74, 6) is 0.106. The quantitative estimate of drug-likeness (QED) is 0.711. The van der Waals surface area contributed by atoms with Crippen LogP contribution in [0.1, 0.15) is 13.8 Å². The summed E-state index contributed by atoms with van der Waals surface area (Å²) in [4.78, 5) is 12.0. The summed E-state index contributed by atoms with van der Waals surface area (Å²) < 4.78 is 32.9. The molecule has 2 N–H and O–H groups in total. The van der Waals surface area contributed by atoms with E-state index in [-0.39, 0.29) is 23.5 Å².